The number of aromatic nitrogens is 2. The fraction of sp³-hybridized carbons (Fsp3) is 0.522. The monoisotopic (exact) mass is 550 g/mol. The van der Waals surface area contributed by atoms with E-state index in [0.29, 0.717) is 0 Å². The van der Waals surface area contributed by atoms with Crippen LogP contribution < -0.4 is 10.2 Å². The van der Waals surface area contributed by atoms with Gasteiger partial charge in [0.25, 0.3) is 0 Å². The third-order valence-corrected chi connectivity index (χ3v) is 6.10. The topological polar surface area (TPSA) is 63.1 Å². The van der Waals surface area contributed by atoms with Gasteiger partial charge >= 0.3 is 0 Å². The highest BCUT2D eigenvalue weighted by atomic mass is 127. The number of benzene rings is 1. The van der Waals surface area contributed by atoms with Crippen molar-refractivity contribution in [2.45, 2.75) is 13.1 Å². The van der Waals surface area contributed by atoms with Gasteiger partial charge in [-0.3, -0.25) is 9.89 Å². The minimum Gasteiger partial charge on any atom is -0.352 e. The number of aliphatic imine (C=N–C) groups is 1. The summed E-state index contributed by atoms with van der Waals surface area (Å²) in [4.78, 5) is 22.7. The van der Waals surface area contributed by atoms with Crippen molar-refractivity contribution in [3.05, 3.63) is 53.9 Å². The van der Waals surface area contributed by atoms with E-state index in [-0.39, 0.29) is 24.0 Å². The van der Waals surface area contributed by atoms with E-state index < -0.39 is 0 Å². The minimum absolute atomic E-state index is 0. The maximum Gasteiger partial charge on any atom is 0.225 e. The molecule has 32 heavy (non-hydrogen) atoms. The molecule has 2 aliphatic rings. The Morgan fingerprint density at radius 3 is 2.16 bits per heavy atom. The van der Waals surface area contributed by atoms with Crippen molar-refractivity contribution < 1.29 is 0 Å². The van der Waals surface area contributed by atoms with Crippen LogP contribution in [0.25, 0.3) is 0 Å². The van der Waals surface area contributed by atoms with Crippen molar-refractivity contribution in [2.75, 3.05) is 71.4 Å². The highest BCUT2D eigenvalue weighted by molar-refractivity contribution is 14.0. The van der Waals surface area contributed by atoms with Crippen LogP contribution in [0.3, 0.4) is 0 Å². The number of guanidine groups is 1. The SMILES string of the molecule is CN=C(NCc1ccc(CN2CCN(C)CC2)cc1)N1CCN(c2ncccn2)CC1.I. The van der Waals surface area contributed by atoms with E-state index in [1.54, 1.807) is 12.4 Å². The lowest BCUT2D eigenvalue weighted by Crippen LogP contribution is -2.52. The Bertz CT molecular complexity index is 829. The summed E-state index contributed by atoms with van der Waals surface area (Å²) >= 11 is 0. The molecule has 0 radical (unpaired) electrons. The normalized spacial score (nSPS) is 18.4. The minimum atomic E-state index is 0. The Kier molecular flexibility index (Phi) is 9.49. The van der Waals surface area contributed by atoms with E-state index in [2.05, 4.69) is 71.2 Å². The lowest BCUT2D eigenvalue weighted by Gasteiger charge is -2.36. The zero-order chi connectivity index (χ0) is 21.5. The van der Waals surface area contributed by atoms with Crippen LogP contribution in [0.4, 0.5) is 5.95 Å². The second-order valence-electron chi connectivity index (χ2n) is 8.32. The van der Waals surface area contributed by atoms with Crippen LogP contribution in [0.2, 0.25) is 0 Å². The summed E-state index contributed by atoms with van der Waals surface area (Å²) < 4.78 is 0. The lowest BCUT2D eigenvalue weighted by atomic mass is 10.1. The first-order valence-electron chi connectivity index (χ1n) is 11.2. The lowest BCUT2D eigenvalue weighted by molar-refractivity contribution is 0.148. The smallest absolute Gasteiger partial charge is 0.225 e. The highest BCUT2D eigenvalue weighted by Gasteiger charge is 2.21. The van der Waals surface area contributed by atoms with E-state index in [4.69, 9.17) is 0 Å². The number of anilines is 1. The summed E-state index contributed by atoms with van der Waals surface area (Å²) in [6.07, 6.45) is 3.59. The fourth-order valence-corrected chi connectivity index (χ4v) is 4.11. The Balaban J connectivity index is 0.00000289. The molecule has 2 aliphatic heterocycles. The summed E-state index contributed by atoms with van der Waals surface area (Å²) in [5.41, 5.74) is 2.66. The van der Waals surface area contributed by atoms with Gasteiger partial charge in [-0.25, -0.2) is 9.97 Å². The van der Waals surface area contributed by atoms with Crippen LogP contribution in [0, 0.1) is 0 Å². The van der Waals surface area contributed by atoms with Gasteiger partial charge in [0.15, 0.2) is 5.96 Å². The van der Waals surface area contributed by atoms with Gasteiger partial charge < -0.3 is 20.0 Å². The van der Waals surface area contributed by atoms with Crippen molar-refractivity contribution in [2.24, 2.45) is 4.99 Å². The molecule has 0 unspecified atom stereocenters. The second-order valence-corrected chi connectivity index (χ2v) is 8.32. The van der Waals surface area contributed by atoms with Crippen molar-refractivity contribution in [3.63, 3.8) is 0 Å². The molecule has 9 heteroatoms. The molecule has 1 N–H and O–H groups in total. The third kappa shape index (κ3) is 6.76. The number of rotatable bonds is 5. The molecule has 0 saturated carbocycles. The predicted octanol–water partition coefficient (Wildman–Crippen LogP) is 1.74. The van der Waals surface area contributed by atoms with Gasteiger partial charge in [0, 0.05) is 84.9 Å². The largest absolute Gasteiger partial charge is 0.352 e. The zero-order valence-corrected chi connectivity index (χ0v) is 21.5. The van der Waals surface area contributed by atoms with Crippen LogP contribution in [0.15, 0.2) is 47.7 Å². The van der Waals surface area contributed by atoms with E-state index in [9.17, 15) is 0 Å². The molecule has 1 aromatic heterocycles. The van der Waals surface area contributed by atoms with E-state index >= 15 is 0 Å². The number of halogens is 1. The summed E-state index contributed by atoms with van der Waals surface area (Å²) in [5.74, 6) is 1.76. The van der Waals surface area contributed by atoms with E-state index in [1.165, 1.54) is 11.1 Å². The Morgan fingerprint density at radius 2 is 1.53 bits per heavy atom. The van der Waals surface area contributed by atoms with Gasteiger partial charge in [-0.15, -0.1) is 24.0 Å². The van der Waals surface area contributed by atoms with E-state index in [1.807, 2.05) is 13.1 Å². The average molecular weight is 550 g/mol. The zero-order valence-electron chi connectivity index (χ0n) is 19.2. The molecule has 8 nitrogen and oxygen atoms in total. The van der Waals surface area contributed by atoms with Gasteiger partial charge in [0.1, 0.15) is 0 Å². The number of nitrogens with zero attached hydrogens (tertiary/aromatic N) is 7. The molecule has 4 rings (SSSR count). The van der Waals surface area contributed by atoms with Crippen LogP contribution in [-0.4, -0.2) is 97.1 Å². The molecule has 174 valence electrons. The van der Waals surface area contributed by atoms with Crippen LogP contribution in [-0.2, 0) is 13.1 Å². The Morgan fingerprint density at radius 1 is 0.906 bits per heavy atom. The fourth-order valence-electron chi connectivity index (χ4n) is 4.11. The molecular weight excluding hydrogens is 515 g/mol. The molecule has 2 saturated heterocycles. The highest BCUT2D eigenvalue weighted by Crippen LogP contribution is 2.12. The summed E-state index contributed by atoms with van der Waals surface area (Å²) in [5, 5.41) is 3.53. The number of hydrogen-bond acceptors (Lipinski definition) is 6. The third-order valence-electron chi connectivity index (χ3n) is 6.10. The van der Waals surface area contributed by atoms with Crippen molar-refractivity contribution >= 4 is 35.9 Å². The van der Waals surface area contributed by atoms with Crippen molar-refractivity contribution in [1.29, 1.82) is 0 Å². The summed E-state index contributed by atoms with van der Waals surface area (Å²) in [7, 11) is 4.05. The Hall–Kier alpha value is -1.98. The first kappa shape index (κ1) is 24.7. The molecule has 2 fully saturated rings. The van der Waals surface area contributed by atoms with Crippen LogP contribution in [0.1, 0.15) is 11.1 Å². The number of nitrogens with one attached hydrogen (secondary N) is 1. The molecule has 0 spiro atoms. The van der Waals surface area contributed by atoms with Gasteiger partial charge in [0.2, 0.25) is 5.95 Å². The molecule has 0 amide bonds. The molecule has 1 aromatic carbocycles. The molecule has 0 bridgehead atoms. The van der Waals surface area contributed by atoms with Crippen LogP contribution in [0.5, 0.6) is 0 Å². The number of likely N-dealkylation sites (N-methyl/N-ethyl adjacent to an activating group) is 1. The molecule has 3 heterocycles. The summed E-state index contributed by atoms with van der Waals surface area (Å²) in [6.45, 7) is 10.0. The maximum absolute atomic E-state index is 4.50. The number of hydrogen-bond donors (Lipinski definition) is 1. The van der Waals surface area contributed by atoms with Gasteiger partial charge in [-0.1, -0.05) is 24.3 Å². The maximum atomic E-state index is 4.50. The van der Waals surface area contributed by atoms with E-state index in [0.717, 1.165) is 77.4 Å². The Labute approximate surface area is 208 Å². The average Bonchev–Trinajstić information content (AvgIpc) is 2.83. The first-order chi connectivity index (χ1) is 15.2. The van der Waals surface area contributed by atoms with Crippen molar-refractivity contribution in [3.8, 4) is 0 Å². The van der Waals surface area contributed by atoms with Gasteiger partial charge in [0.05, 0.1) is 0 Å². The van der Waals surface area contributed by atoms with Gasteiger partial charge in [-0.2, -0.15) is 0 Å². The van der Waals surface area contributed by atoms with Crippen molar-refractivity contribution in [1.82, 2.24) is 30.0 Å². The van der Waals surface area contributed by atoms with Crippen LogP contribution >= 0.6 is 24.0 Å². The standard InChI is InChI=1S/C23H34N8.HI/c1-24-22(30-14-16-31(17-15-30)23-25-8-3-9-26-23)27-18-20-4-6-21(7-5-20)19-29-12-10-28(2)11-13-29;/h3-9H,10-19H2,1-2H3,(H,24,27);1H. The first-order valence-corrected chi connectivity index (χ1v) is 11.2. The second kappa shape index (κ2) is 12.3. The molecule has 0 atom stereocenters. The molecule has 0 aliphatic carbocycles. The molecule has 2 aromatic rings. The quantitative estimate of drug-likeness (QED) is 0.346. The predicted molar refractivity (Wildman–Crippen MR) is 141 cm³/mol. The summed E-state index contributed by atoms with van der Waals surface area (Å²) in [6, 6.07) is 10.8. The number of piperazine rings is 2. The van der Waals surface area contributed by atoms with Gasteiger partial charge in [-0.05, 0) is 24.2 Å². The molecular formula is C23H35IN8.